The lowest BCUT2D eigenvalue weighted by atomic mass is 9.90. The van der Waals surface area contributed by atoms with Gasteiger partial charge < -0.3 is 15.2 Å². The molecule has 0 unspecified atom stereocenters. The molecule has 3 atom stereocenters. The Kier molecular flexibility index (Phi) is 10.9. The average Bonchev–Trinajstić information content (AvgIpc) is 2.36. The number of halogens is 1. The summed E-state index contributed by atoms with van der Waals surface area (Å²) in [5, 5.41) is 0. The number of nitrogens with zero attached hydrogens (tertiary/aromatic N) is 1. The highest BCUT2D eigenvalue weighted by molar-refractivity contribution is 7.88. The zero-order chi connectivity index (χ0) is 20.2. The van der Waals surface area contributed by atoms with E-state index in [-0.39, 0.29) is 37.1 Å². The highest BCUT2D eigenvalue weighted by Gasteiger charge is 2.34. The molecule has 0 aliphatic heterocycles. The van der Waals surface area contributed by atoms with E-state index in [0.717, 1.165) is 6.26 Å². The van der Waals surface area contributed by atoms with Gasteiger partial charge in [-0.05, 0) is 40.0 Å². The van der Waals surface area contributed by atoms with Crippen LogP contribution in [0.25, 0.3) is 0 Å². The van der Waals surface area contributed by atoms with Crippen LogP contribution in [0.5, 0.6) is 0 Å². The first-order chi connectivity index (χ1) is 11.0. The number of carbonyl (C=O) groups excluding carboxylic acids is 1. The Hall–Kier alpha value is -0.410. The molecular formula is C17H37ClN2O5S. The first-order valence-electron chi connectivity index (χ1n) is 8.51. The lowest BCUT2D eigenvalue weighted by molar-refractivity contribution is -0.153. The van der Waals surface area contributed by atoms with E-state index in [2.05, 4.69) is 0 Å². The monoisotopic (exact) mass is 416 g/mol. The Morgan fingerprint density at radius 3 is 1.88 bits per heavy atom. The lowest BCUT2D eigenvalue weighted by Crippen LogP contribution is -2.51. The number of hydrogen-bond donors (Lipinski definition) is 1. The summed E-state index contributed by atoms with van der Waals surface area (Å²) in [6, 6.07) is -0.741. The maximum Gasteiger partial charge on any atom is 0.322 e. The zero-order valence-corrected chi connectivity index (χ0v) is 19.2. The molecule has 0 aromatic carbocycles. The van der Waals surface area contributed by atoms with Gasteiger partial charge >= 0.3 is 5.97 Å². The van der Waals surface area contributed by atoms with Crippen LogP contribution in [0.3, 0.4) is 0 Å². The van der Waals surface area contributed by atoms with Crippen molar-refractivity contribution in [3.63, 3.8) is 0 Å². The summed E-state index contributed by atoms with van der Waals surface area (Å²) in [4.78, 5) is 11.7. The molecule has 2 N–H and O–H groups in total. The molecule has 0 aliphatic rings. The van der Waals surface area contributed by atoms with E-state index in [0.29, 0.717) is 0 Å². The molecular weight excluding hydrogens is 380 g/mol. The second-order valence-electron chi connectivity index (χ2n) is 8.65. The van der Waals surface area contributed by atoms with Gasteiger partial charge in [-0.2, -0.15) is 4.31 Å². The molecule has 0 amide bonds. The van der Waals surface area contributed by atoms with E-state index < -0.39 is 33.7 Å². The van der Waals surface area contributed by atoms with Crippen LogP contribution >= 0.6 is 12.4 Å². The van der Waals surface area contributed by atoms with Crippen molar-refractivity contribution < 1.29 is 22.7 Å². The van der Waals surface area contributed by atoms with Crippen LogP contribution in [0.4, 0.5) is 0 Å². The molecule has 26 heavy (non-hydrogen) atoms. The lowest BCUT2D eigenvalue weighted by Gasteiger charge is -2.38. The van der Waals surface area contributed by atoms with Gasteiger partial charge in [-0.1, -0.05) is 20.8 Å². The Morgan fingerprint density at radius 2 is 1.58 bits per heavy atom. The Morgan fingerprint density at radius 1 is 1.12 bits per heavy atom. The molecule has 0 bridgehead atoms. The van der Waals surface area contributed by atoms with Crippen molar-refractivity contribution in [3.05, 3.63) is 0 Å². The third-order valence-corrected chi connectivity index (χ3v) is 5.41. The van der Waals surface area contributed by atoms with Gasteiger partial charge in [-0.25, -0.2) is 8.42 Å². The maximum atomic E-state index is 12.2. The van der Waals surface area contributed by atoms with Gasteiger partial charge in [-0.15, -0.1) is 12.4 Å². The number of nitrogens with two attached hydrogens (primary N) is 1. The van der Waals surface area contributed by atoms with Crippen LogP contribution in [0.15, 0.2) is 0 Å². The summed E-state index contributed by atoms with van der Waals surface area (Å²) in [6.45, 7) is 15.0. The van der Waals surface area contributed by atoms with E-state index in [9.17, 15) is 13.2 Å². The summed E-state index contributed by atoms with van der Waals surface area (Å²) < 4.78 is 37.0. The Bertz CT molecular complexity index is 538. The van der Waals surface area contributed by atoms with E-state index in [1.807, 2.05) is 48.5 Å². The number of hydrogen-bond acceptors (Lipinski definition) is 6. The van der Waals surface area contributed by atoms with Crippen LogP contribution in [0.2, 0.25) is 0 Å². The van der Waals surface area contributed by atoms with Crippen molar-refractivity contribution in [2.45, 2.75) is 79.2 Å². The molecule has 0 radical (unpaired) electrons. The van der Waals surface area contributed by atoms with Crippen LogP contribution < -0.4 is 5.73 Å². The van der Waals surface area contributed by atoms with Gasteiger partial charge in [0.1, 0.15) is 18.8 Å². The van der Waals surface area contributed by atoms with E-state index >= 15 is 0 Å². The van der Waals surface area contributed by atoms with Crippen molar-refractivity contribution in [1.82, 2.24) is 4.31 Å². The van der Waals surface area contributed by atoms with Crippen molar-refractivity contribution >= 4 is 28.4 Å². The number of ether oxygens (including phenoxy) is 2. The fraction of sp³-hybridized carbons (Fsp3) is 0.941. The summed E-state index contributed by atoms with van der Waals surface area (Å²) >= 11 is 0. The molecule has 0 aliphatic carbocycles. The summed E-state index contributed by atoms with van der Waals surface area (Å²) in [5.41, 5.74) is 4.75. The minimum Gasteiger partial charge on any atom is -0.462 e. The minimum atomic E-state index is -3.46. The fourth-order valence-corrected chi connectivity index (χ4v) is 3.46. The topological polar surface area (TPSA) is 98.9 Å². The zero-order valence-electron chi connectivity index (χ0n) is 17.5. The van der Waals surface area contributed by atoms with Crippen molar-refractivity contribution in [2.75, 3.05) is 19.4 Å². The maximum absolute atomic E-state index is 12.2. The third kappa shape index (κ3) is 10.1. The fourth-order valence-electron chi connectivity index (χ4n) is 2.03. The molecule has 0 rings (SSSR count). The van der Waals surface area contributed by atoms with Gasteiger partial charge in [0.15, 0.2) is 0 Å². The minimum absolute atomic E-state index is 0. The number of rotatable bonds is 8. The van der Waals surface area contributed by atoms with Crippen molar-refractivity contribution in [1.29, 1.82) is 0 Å². The highest BCUT2D eigenvalue weighted by atomic mass is 35.5. The largest absolute Gasteiger partial charge is 0.462 e. The molecule has 0 saturated carbocycles. The SMILES string of the molecule is C[C@H](O[C@H](COC(=O)[C@@H](C)N)CN(C(C)(C)C)S(C)(=O)=O)C(C)(C)C.Cl. The summed E-state index contributed by atoms with van der Waals surface area (Å²) in [6.07, 6.45) is 0.412. The number of carbonyl (C=O) groups is 1. The molecule has 0 saturated heterocycles. The summed E-state index contributed by atoms with van der Waals surface area (Å²) in [5.74, 6) is -0.543. The van der Waals surface area contributed by atoms with Crippen LogP contribution in [0.1, 0.15) is 55.4 Å². The molecule has 0 fully saturated rings. The molecule has 158 valence electrons. The molecule has 0 aromatic rings. The van der Waals surface area contributed by atoms with Crippen LogP contribution in [-0.4, -0.2) is 61.9 Å². The van der Waals surface area contributed by atoms with Crippen LogP contribution in [-0.2, 0) is 24.3 Å². The first-order valence-corrected chi connectivity index (χ1v) is 10.4. The average molecular weight is 417 g/mol. The third-order valence-electron chi connectivity index (χ3n) is 3.92. The quantitative estimate of drug-likeness (QED) is 0.609. The predicted molar refractivity (Wildman–Crippen MR) is 107 cm³/mol. The Labute approximate surface area is 165 Å². The molecule has 7 nitrogen and oxygen atoms in total. The van der Waals surface area contributed by atoms with Gasteiger partial charge in [0.05, 0.1) is 12.4 Å². The smallest absolute Gasteiger partial charge is 0.322 e. The second-order valence-corrected chi connectivity index (χ2v) is 10.6. The molecule has 0 heterocycles. The Balaban J connectivity index is 0. The highest BCUT2D eigenvalue weighted by Crippen LogP contribution is 2.25. The van der Waals surface area contributed by atoms with E-state index in [4.69, 9.17) is 15.2 Å². The van der Waals surface area contributed by atoms with Gasteiger partial charge in [0, 0.05) is 12.1 Å². The summed E-state index contributed by atoms with van der Waals surface area (Å²) in [7, 11) is -3.46. The second kappa shape index (κ2) is 10.2. The van der Waals surface area contributed by atoms with Crippen LogP contribution in [0, 0.1) is 5.41 Å². The molecule has 0 spiro atoms. The van der Waals surface area contributed by atoms with Crippen molar-refractivity contribution in [2.24, 2.45) is 11.1 Å². The number of sulfonamides is 1. The van der Waals surface area contributed by atoms with Crippen molar-refractivity contribution in [3.8, 4) is 0 Å². The normalized spacial score (nSPS) is 16.6. The first kappa shape index (κ1) is 27.8. The van der Waals surface area contributed by atoms with E-state index in [1.165, 1.54) is 11.2 Å². The van der Waals surface area contributed by atoms with E-state index in [1.54, 1.807) is 0 Å². The molecule has 9 heteroatoms. The van der Waals surface area contributed by atoms with Gasteiger partial charge in [-0.3, -0.25) is 4.79 Å². The number of esters is 1. The van der Waals surface area contributed by atoms with Gasteiger partial charge in [0.2, 0.25) is 10.0 Å². The van der Waals surface area contributed by atoms with Gasteiger partial charge in [0.25, 0.3) is 0 Å². The molecule has 0 aromatic heterocycles. The standard InChI is InChI=1S/C17H36N2O5S.ClH/c1-12(18)15(20)23-11-14(24-13(2)16(3,4)5)10-19(17(6,7)8)25(9,21)22;/h12-14H,10-11,18H2,1-9H3;1H/t12-,13+,14+;/m1./s1. The predicted octanol–water partition coefficient (Wildman–Crippen LogP) is 2.18.